The van der Waals surface area contributed by atoms with Crippen LogP contribution < -0.4 is 16.1 Å². The van der Waals surface area contributed by atoms with Crippen LogP contribution in [0, 0.1) is 10.1 Å². The number of carbonyl (C=O) groups is 1. The number of hydrazone groups is 1. The van der Waals surface area contributed by atoms with Gasteiger partial charge in [0.2, 0.25) is 11.6 Å². The first-order valence-corrected chi connectivity index (χ1v) is 10.3. The van der Waals surface area contributed by atoms with Gasteiger partial charge in [0.25, 0.3) is 11.6 Å². The number of hydrogen-bond acceptors (Lipinski definition) is 11. The standard InChI is InChI=1S/C20H17ClN10O4/c1-29(13-5-3-2-4-6-13)11-16-17(24-28-30(16)19-18(22)26-35-27-19)20(32)25-23-10-12-7-8-14(21)15(9-12)31(33)34/h2-10H,11H2,1H3,(H2,22,26)(H,25,32)/b23-10+. The number of nitrogen functional groups attached to an aromatic ring is 1. The molecule has 0 saturated carbocycles. The predicted octanol–water partition coefficient (Wildman–Crippen LogP) is 2.19. The lowest BCUT2D eigenvalue weighted by Crippen LogP contribution is -2.24. The zero-order chi connectivity index (χ0) is 24.9. The zero-order valence-electron chi connectivity index (χ0n) is 18.1. The number of nitrogens with zero attached hydrogens (tertiary/aromatic N) is 8. The van der Waals surface area contributed by atoms with E-state index in [4.69, 9.17) is 17.3 Å². The molecular formula is C20H17ClN10O4. The summed E-state index contributed by atoms with van der Waals surface area (Å²) in [4.78, 5) is 25.2. The topological polar surface area (TPSA) is 183 Å². The lowest BCUT2D eigenvalue weighted by atomic mass is 10.2. The fourth-order valence-electron chi connectivity index (χ4n) is 3.09. The third-order valence-corrected chi connectivity index (χ3v) is 5.12. The van der Waals surface area contributed by atoms with Crippen LogP contribution >= 0.6 is 11.6 Å². The lowest BCUT2D eigenvalue weighted by Gasteiger charge is -2.19. The minimum Gasteiger partial charge on any atom is -0.378 e. The molecule has 1 amide bonds. The van der Waals surface area contributed by atoms with Crippen LogP contribution in [0.25, 0.3) is 5.82 Å². The molecule has 35 heavy (non-hydrogen) atoms. The summed E-state index contributed by atoms with van der Waals surface area (Å²) >= 11 is 5.81. The van der Waals surface area contributed by atoms with Crippen molar-refractivity contribution in [2.45, 2.75) is 6.54 Å². The molecule has 3 N–H and O–H groups in total. The van der Waals surface area contributed by atoms with E-state index in [0.717, 1.165) is 5.69 Å². The molecule has 0 bridgehead atoms. The minimum absolute atomic E-state index is 0.0124. The van der Waals surface area contributed by atoms with Crippen molar-refractivity contribution in [1.82, 2.24) is 30.7 Å². The van der Waals surface area contributed by atoms with E-state index in [-0.39, 0.29) is 34.6 Å². The summed E-state index contributed by atoms with van der Waals surface area (Å²) < 4.78 is 5.91. The Balaban J connectivity index is 1.60. The third kappa shape index (κ3) is 5.06. The van der Waals surface area contributed by atoms with Crippen molar-refractivity contribution in [3.63, 3.8) is 0 Å². The number of amides is 1. The summed E-state index contributed by atoms with van der Waals surface area (Å²) in [7, 11) is 1.82. The van der Waals surface area contributed by atoms with E-state index in [0.29, 0.717) is 11.3 Å². The van der Waals surface area contributed by atoms with Crippen molar-refractivity contribution < 1.29 is 14.3 Å². The van der Waals surface area contributed by atoms with Gasteiger partial charge >= 0.3 is 0 Å². The van der Waals surface area contributed by atoms with Gasteiger partial charge in [-0.25, -0.2) is 10.1 Å². The first kappa shape index (κ1) is 23.3. The first-order chi connectivity index (χ1) is 16.8. The summed E-state index contributed by atoms with van der Waals surface area (Å²) in [6.07, 6.45) is 1.24. The summed E-state index contributed by atoms with van der Waals surface area (Å²) in [6, 6.07) is 13.6. The number of hydrogen-bond donors (Lipinski definition) is 2. The van der Waals surface area contributed by atoms with E-state index in [2.05, 4.69) is 35.8 Å². The monoisotopic (exact) mass is 496 g/mol. The summed E-state index contributed by atoms with van der Waals surface area (Å²) in [5.74, 6) is -0.639. The Labute approximate surface area is 202 Å². The second-order valence-corrected chi connectivity index (χ2v) is 7.54. The van der Waals surface area contributed by atoms with Gasteiger partial charge in [-0.3, -0.25) is 14.9 Å². The molecule has 0 radical (unpaired) electrons. The van der Waals surface area contributed by atoms with Crippen molar-refractivity contribution in [3.8, 4) is 5.82 Å². The smallest absolute Gasteiger partial charge is 0.293 e. The maximum Gasteiger partial charge on any atom is 0.293 e. The Bertz CT molecular complexity index is 1400. The zero-order valence-corrected chi connectivity index (χ0v) is 18.8. The second-order valence-electron chi connectivity index (χ2n) is 7.13. The maximum atomic E-state index is 12.9. The van der Waals surface area contributed by atoms with E-state index >= 15 is 0 Å². The summed E-state index contributed by atoms with van der Waals surface area (Å²) in [6.45, 7) is 0.194. The molecule has 0 fully saturated rings. The van der Waals surface area contributed by atoms with Gasteiger partial charge in [0, 0.05) is 24.4 Å². The van der Waals surface area contributed by atoms with Gasteiger partial charge in [0.15, 0.2) is 5.69 Å². The Hall–Kier alpha value is -4.85. The van der Waals surface area contributed by atoms with Crippen molar-refractivity contribution in [1.29, 1.82) is 0 Å². The average molecular weight is 497 g/mol. The van der Waals surface area contributed by atoms with Gasteiger partial charge in [-0.05, 0) is 28.5 Å². The molecular weight excluding hydrogens is 480 g/mol. The van der Waals surface area contributed by atoms with Gasteiger partial charge in [0.1, 0.15) is 5.02 Å². The van der Waals surface area contributed by atoms with Gasteiger partial charge < -0.3 is 10.6 Å². The number of benzene rings is 2. The minimum atomic E-state index is -0.678. The van der Waals surface area contributed by atoms with E-state index < -0.39 is 10.8 Å². The molecule has 178 valence electrons. The van der Waals surface area contributed by atoms with Crippen molar-refractivity contribution in [2.24, 2.45) is 5.10 Å². The van der Waals surface area contributed by atoms with Crippen LogP contribution in [0.1, 0.15) is 21.7 Å². The quantitative estimate of drug-likeness (QED) is 0.208. The fraction of sp³-hybridized carbons (Fsp3) is 0.100. The van der Waals surface area contributed by atoms with Crippen molar-refractivity contribution in [2.75, 3.05) is 17.7 Å². The van der Waals surface area contributed by atoms with Crippen LogP contribution in [0.5, 0.6) is 0 Å². The van der Waals surface area contributed by atoms with Gasteiger partial charge in [-0.2, -0.15) is 9.78 Å². The number of nitro benzene ring substituents is 1. The second kappa shape index (κ2) is 9.96. The van der Waals surface area contributed by atoms with E-state index in [1.807, 2.05) is 42.3 Å². The molecule has 14 nitrogen and oxygen atoms in total. The lowest BCUT2D eigenvalue weighted by molar-refractivity contribution is -0.384. The van der Waals surface area contributed by atoms with Crippen LogP contribution in [0.4, 0.5) is 17.2 Å². The fourth-order valence-corrected chi connectivity index (χ4v) is 3.28. The third-order valence-electron chi connectivity index (χ3n) is 4.80. The number of nitro groups is 1. The molecule has 4 rings (SSSR count). The molecule has 0 aliphatic rings. The van der Waals surface area contributed by atoms with Crippen LogP contribution in [0.3, 0.4) is 0 Å². The number of nitrogens with two attached hydrogens (primary N) is 1. The number of carbonyl (C=O) groups excluding carboxylic acids is 1. The Morgan fingerprint density at radius 3 is 2.77 bits per heavy atom. The van der Waals surface area contributed by atoms with Crippen LogP contribution in [0.2, 0.25) is 5.02 Å². The van der Waals surface area contributed by atoms with Gasteiger partial charge in [-0.1, -0.05) is 41.1 Å². The highest BCUT2D eigenvalue weighted by Gasteiger charge is 2.25. The molecule has 0 atom stereocenters. The van der Waals surface area contributed by atoms with E-state index in [1.165, 1.54) is 29.1 Å². The molecule has 2 aromatic heterocycles. The number of rotatable bonds is 8. The Morgan fingerprint density at radius 1 is 1.31 bits per heavy atom. The largest absolute Gasteiger partial charge is 0.378 e. The molecule has 2 aromatic carbocycles. The predicted molar refractivity (Wildman–Crippen MR) is 125 cm³/mol. The molecule has 0 unspecified atom stereocenters. The SMILES string of the molecule is CN(Cc1c(C(=O)N/N=C/c2ccc(Cl)c([N+](=O)[O-])c2)nnn1-c1nonc1N)c1ccccc1. The highest BCUT2D eigenvalue weighted by atomic mass is 35.5. The Kier molecular flexibility index (Phi) is 6.64. The summed E-state index contributed by atoms with van der Waals surface area (Å²) in [5.41, 5.74) is 9.39. The normalized spacial score (nSPS) is 11.0. The van der Waals surface area contributed by atoms with Gasteiger partial charge in [-0.15, -0.1) is 5.10 Å². The van der Waals surface area contributed by atoms with E-state index in [9.17, 15) is 14.9 Å². The highest BCUT2D eigenvalue weighted by Crippen LogP contribution is 2.24. The molecule has 2 heterocycles. The van der Waals surface area contributed by atoms with Gasteiger partial charge in [0.05, 0.1) is 23.4 Å². The number of aromatic nitrogens is 5. The number of anilines is 2. The number of halogens is 1. The van der Waals surface area contributed by atoms with Crippen LogP contribution in [0.15, 0.2) is 58.3 Å². The Morgan fingerprint density at radius 2 is 2.09 bits per heavy atom. The van der Waals surface area contributed by atoms with Crippen LogP contribution in [-0.4, -0.2) is 49.4 Å². The maximum absolute atomic E-state index is 12.9. The highest BCUT2D eigenvalue weighted by molar-refractivity contribution is 6.32. The van der Waals surface area contributed by atoms with E-state index in [1.54, 1.807) is 0 Å². The number of para-hydroxylation sites is 1. The molecule has 0 aliphatic carbocycles. The molecule has 0 saturated heterocycles. The summed E-state index contributed by atoms with van der Waals surface area (Å²) in [5, 5.41) is 30.1. The molecule has 0 aliphatic heterocycles. The molecule has 0 spiro atoms. The van der Waals surface area contributed by atoms with Crippen LogP contribution in [-0.2, 0) is 6.54 Å². The average Bonchev–Trinajstić information content (AvgIpc) is 3.46. The van der Waals surface area contributed by atoms with Crippen molar-refractivity contribution >= 4 is 40.9 Å². The first-order valence-electron chi connectivity index (χ1n) is 9.91. The molecule has 15 heteroatoms. The number of nitrogens with one attached hydrogen (secondary N) is 1. The molecule has 4 aromatic rings. The van der Waals surface area contributed by atoms with Crippen molar-refractivity contribution in [3.05, 3.63) is 80.6 Å².